The average Bonchev–Trinajstić information content (AvgIpc) is 3.14. The molecule has 3 rings (SSSR count). The topological polar surface area (TPSA) is 76.9 Å². The van der Waals surface area contributed by atoms with Crippen LogP contribution in [0.5, 0.6) is 0 Å². The van der Waals surface area contributed by atoms with Crippen molar-refractivity contribution in [2.24, 2.45) is 0 Å². The Morgan fingerprint density at radius 2 is 2.23 bits per heavy atom. The van der Waals surface area contributed by atoms with Crippen molar-refractivity contribution in [1.82, 2.24) is 19.3 Å². The minimum atomic E-state index is -3.64. The van der Waals surface area contributed by atoms with Gasteiger partial charge in [-0.3, -0.25) is 4.98 Å². The lowest BCUT2D eigenvalue weighted by atomic mass is 10.3. The van der Waals surface area contributed by atoms with E-state index in [1.54, 1.807) is 19.2 Å². The van der Waals surface area contributed by atoms with Crippen LogP contribution in [0.25, 0.3) is 10.2 Å². The molecule has 1 N–H and O–H groups in total. The quantitative estimate of drug-likeness (QED) is 0.777. The zero-order valence-electron chi connectivity index (χ0n) is 12.2. The van der Waals surface area contributed by atoms with Crippen molar-refractivity contribution in [3.63, 3.8) is 0 Å². The number of hydrogen-bond acceptors (Lipinski definition) is 5. The van der Waals surface area contributed by atoms with Gasteiger partial charge in [0.05, 0.1) is 16.3 Å². The number of nitrogens with zero attached hydrogens (tertiary/aromatic N) is 3. The molecule has 3 heterocycles. The van der Waals surface area contributed by atoms with Gasteiger partial charge in [0.1, 0.15) is 10.7 Å². The molecule has 0 saturated carbocycles. The fourth-order valence-corrected chi connectivity index (χ4v) is 4.32. The molecule has 0 amide bonds. The first-order valence-corrected chi connectivity index (χ1v) is 9.24. The molecule has 0 aliphatic carbocycles. The van der Waals surface area contributed by atoms with Gasteiger partial charge in [-0.2, -0.15) is 0 Å². The molecule has 0 spiro atoms. The van der Waals surface area contributed by atoms with Crippen molar-refractivity contribution in [3.8, 4) is 0 Å². The summed E-state index contributed by atoms with van der Waals surface area (Å²) >= 11 is 1.47. The van der Waals surface area contributed by atoms with Gasteiger partial charge in [0, 0.05) is 25.1 Å². The second-order valence-corrected chi connectivity index (χ2v) is 7.55. The molecule has 0 aromatic carbocycles. The number of sulfonamides is 1. The van der Waals surface area contributed by atoms with Crippen molar-refractivity contribution in [3.05, 3.63) is 41.9 Å². The second-order valence-electron chi connectivity index (χ2n) is 4.89. The predicted octanol–water partition coefficient (Wildman–Crippen LogP) is 2.55. The largest absolute Gasteiger partial charge is 0.334 e. The molecule has 8 heteroatoms. The SMILES string of the molecule is CCn1ccnc1C(C)NS(=O)(=O)c1cnc2ccsc2c1. The van der Waals surface area contributed by atoms with Gasteiger partial charge >= 0.3 is 0 Å². The summed E-state index contributed by atoms with van der Waals surface area (Å²) in [6.07, 6.45) is 4.89. The van der Waals surface area contributed by atoms with Crippen LogP contribution in [0.4, 0.5) is 0 Å². The number of pyridine rings is 1. The summed E-state index contributed by atoms with van der Waals surface area (Å²) in [5.41, 5.74) is 0.804. The Bertz CT molecular complexity index is 898. The third-order valence-electron chi connectivity index (χ3n) is 3.40. The van der Waals surface area contributed by atoms with E-state index in [0.717, 1.165) is 16.8 Å². The number of imidazole rings is 1. The monoisotopic (exact) mass is 336 g/mol. The van der Waals surface area contributed by atoms with Gasteiger partial charge in [0.15, 0.2) is 0 Å². The fourth-order valence-electron chi connectivity index (χ4n) is 2.30. The first kappa shape index (κ1) is 15.1. The Kier molecular flexibility index (Phi) is 3.98. The molecule has 1 unspecified atom stereocenters. The molecule has 3 aromatic rings. The van der Waals surface area contributed by atoms with Crippen LogP contribution in [0.1, 0.15) is 25.7 Å². The highest BCUT2D eigenvalue weighted by molar-refractivity contribution is 7.89. The van der Waals surface area contributed by atoms with Crippen LogP contribution in [0, 0.1) is 0 Å². The molecule has 0 aliphatic rings. The van der Waals surface area contributed by atoms with Crippen LogP contribution < -0.4 is 4.72 Å². The van der Waals surface area contributed by atoms with E-state index in [1.807, 2.05) is 29.1 Å². The van der Waals surface area contributed by atoms with Crippen LogP contribution >= 0.6 is 11.3 Å². The van der Waals surface area contributed by atoms with Crippen molar-refractivity contribution in [2.45, 2.75) is 31.3 Å². The van der Waals surface area contributed by atoms with E-state index in [9.17, 15) is 8.42 Å². The van der Waals surface area contributed by atoms with E-state index in [-0.39, 0.29) is 4.90 Å². The molecule has 0 saturated heterocycles. The van der Waals surface area contributed by atoms with E-state index >= 15 is 0 Å². The minimum absolute atomic E-state index is 0.170. The number of fused-ring (bicyclic) bond motifs is 1. The van der Waals surface area contributed by atoms with Crippen LogP contribution in [0.15, 0.2) is 41.0 Å². The van der Waals surface area contributed by atoms with Crippen LogP contribution in [0.3, 0.4) is 0 Å². The number of nitrogens with one attached hydrogen (secondary N) is 1. The Morgan fingerprint density at radius 1 is 1.41 bits per heavy atom. The third-order valence-corrected chi connectivity index (χ3v) is 5.76. The summed E-state index contributed by atoms with van der Waals surface area (Å²) in [5, 5.41) is 1.89. The lowest BCUT2D eigenvalue weighted by Crippen LogP contribution is -2.28. The van der Waals surface area contributed by atoms with Gasteiger partial charge in [0.2, 0.25) is 10.0 Å². The molecule has 0 aliphatic heterocycles. The van der Waals surface area contributed by atoms with E-state index in [4.69, 9.17) is 0 Å². The molecule has 116 valence electrons. The first-order valence-electron chi connectivity index (χ1n) is 6.88. The van der Waals surface area contributed by atoms with E-state index in [0.29, 0.717) is 5.82 Å². The summed E-state index contributed by atoms with van der Waals surface area (Å²) in [4.78, 5) is 8.58. The van der Waals surface area contributed by atoms with Crippen LogP contribution in [-0.4, -0.2) is 23.0 Å². The molecule has 3 aromatic heterocycles. The number of aromatic nitrogens is 3. The van der Waals surface area contributed by atoms with Crippen molar-refractivity contribution in [2.75, 3.05) is 0 Å². The van der Waals surface area contributed by atoms with Crippen LogP contribution in [0.2, 0.25) is 0 Å². The highest BCUT2D eigenvalue weighted by Gasteiger charge is 2.21. The summed E-state index contributed by atoms with van der Waals surface area (Å²) in [7, 11) is -3.64. The molecule has 0 bridgehead atoms. The highest BCUT2D eigenvalue weighted by atomic mass is 32.2. The molecular weight excluding hydrogens is 320 g/mol. The minimum Gasteiger partial charge on any atom is -0.334 e. The van der Waals surface area contributed by atoms with Crippen molar-refractivity contribution in [1.29, 1.82) is 0 Å². The maximum absolute atomic E-state index is 12.5. The molecular formula is C14H16N4O2S2. The van der Waals surface area contributed by atoms with Gasteiger partial charge in [-0.25, -0.2) is 18.1 Å². The Hall–Kier alpha value is -1.77. The number of hydrogen-bond donors (Lipinski definition) is 1. The smallest absolute Gasteiger partial charge is 0.242 e. The average molecular weight is 336 g/mol. The van der Waals surface area contributed by atoms with Crippen molar-refractivity contribution < 1.29 is 8.42 Å². The molecule has 0 fully saturated rings. The maximum Gasteiger partial charge on any atom is 0.242 e. The van der Waals surface area contributed by atoms with E-state index in [2.05, 4.69) is 14.7 Å². The zero-order chi connectivity index (χ0) is 15.7. The molecule has 0 radical (unpaired) electrons. The van der Waals surface area contributed by atoms with Gasteiger partial charge in [-0.15, -0.1) is 11.3 Å². The summed E-state index contributed by atoms with van der Waals surface area (Å²) in [5.74, 6) is 0.691. The maximum atomic E-state index is 12.5. The molecule has 6 nitrogen and oxygen atoms in total. The molecule has 22 heavy (non-hydrogen) atoms. The van der Waals surface area contributed by atoms with Gasteiger partial charge in [0.25, 0.3) is 0 Å². The highest BCUT2D eigenvalue weighted by Crippen LogP contribution is 2.23. The normalized spacial score (nSPS) is 13.5. The first-order chi connectivity index (χ1) is 10.5. The summed E-state index contributed by atoms with van der Waals surface area (Å²) in [6, 6.07) is 3.10. The Labute approximate surface area is 132 Å². The second kappa shape index (κ2) is 5.79. The number of thiophene rings is 1. The Morgan fingerprint density at radius 3 is 3.00 bits per heavy atom. The number of rotatable bonds is 5. The van der Waals surface area contributed by atoms with Crippen molar-refractivity contribution >= 4 is 31.6 Å². The van der Waals surface area contributed by atoms with Gasteiger partial charge in [-0.05, 0) is 31.4 Å². The lowest BCUT2D eigenvalue weighted by molar-refractivity contribution is 0.547. The van der Waals surface area contributed by atoms with Crippen LogP contribution in [-0.2, 0) is 16.6 Å². The van der Waals surface area contributed by atoms with E-state index in [1.165, 1.54) is 17.5 Å². The summed E-state index contributed by atoms with van der Waals surface area (Å²) < 4.78 is 30.5. The zero-order valence-corrected chi connectivity index (χ0v) is 13.9. The summed E-state index contributed by atoms with van der Waals surface area (Å²) in [6.45, 7) is 4.51. The third kappa shape index (κ3) is 2.77. The predicted molar refractivity (Wildman–Crippen MR) is 86.3 cm³/mol. The molecule has 1 atom stereocenters. The van der Waals surface area contributed by atoms with Gasteiger partial charge < -0.3 is 4.57 Å². The van der Waals surface area contributed by atoms with E-state index < -0.39 is 16.1 Å². The lowest BCUT2D eigenvalue weighted by Gasteiger charge is -2.15. The number of aryl methyl sites for hydroxylation is 1. The van der Waals surface area contributed by atoms with Gasteiger partial charge in [-0.1, -0.05) is 0 Å². The Balaban J connectivity index is 1.89. The standard InChI is InChI=1S/C14H16N4O2S2/c1-3-18-6-5-15-14(18)10(2)17-22(19,20)11-8-13-12(16-9-11)4-7-21-13/h4-10,17H,3H2,1-2H3. The fraction of sp³-hybridized carbons (Fsp3) is 0.286.